The molecule has 4 heteroatoms. The van der Waals surface area contributed by atoms with Gasteiger partial charge in [0.1, 0.15) is 5.69 Å². The van der Waals surface area contributed by atoms with Crippen LogP contribution in [0.5, 0.6) is 0 Å². The van der Waals surface area contributed by atoms with E-state index < -0.39 is 0 Å². The Morgan fingerprint density at radius 1 is 0.853 bits per heavy atom. The number of fused-ring (bicyclic) bond motifs is 1. The largest absolute Gasteiger partial charge is 0.381 e. The Hall–Kier alpha value is -3.16. The molecule has 0 saturated carbocycles. The van der Waals surface area contributed by atoms with Crippen LogP contribution in [0.25, 0.3) is 22.0 Å². The molecule has 2 heterocycles. The van der Waals surface area contributed by atoms with Crippen molar-refractivity contribution in [3.63, 3.8) is 0 Å². The van der Waals surface area contributed by atoms with Gasteiger partial charge >= 0.3 is 0 Å². The molecule has 0 spiro atoms. The summed E-state index contributed by atoms with van der Waals surface area (Å²) in [6, 6.07) is 27.4. The van der Waals surface area contributed by atoms with E-state index in [0.717, 1.165) is 77.3 Å². The van der Waals surface area contributed by atoms with Crippen LogP contribution in [0.4, 0.5) is 0 Å². The van der Waals surface area contributed by atoms with Crippen molar-refractivity contribution < 1.29 is 4.74 Å². The molecule has 1 fully saturated rings. The fraction of sp³-hybridized carbons (Fsp3) is 0.233. The van der Waals surface area contributed by atoms with Crippen LogP contribution in [-0.2, 0) is 11.2 Å². The summed E-state index contributed by atoms with van der Waals surface area (Å²) < 4.78 is 5.42. The second kappa shape index (κ2) is 10.8. The fourth-order valence-electron chi connectivity index (χ4n) is 4.23. The summed E-state index contributed by atoms with van der Waals surface area (Å²) in [5, 5.41) is 5.48. The van der Waals surface area contributed by atoms with E-state index in [0.29, 0.717) is 6.04 Å². The van der Waals surface area contributed by atoms with Gasteiger partial charge in [0, 0.05) is 35.2 Å². The maximum Gasteiger partial charge on any atom is 0.114 e. The first-order valence-corrected chi connectivity index (χ1v) is 12.2. The maximum atomic E-state index is 6.01. The molecule has 0 aliphatic carbocycles. The Bertz CT molecular complexity index is 1310. The first kappa shape index (κ1) is 22.6. The van der Waals surface area contributed by atoms with E-state index in [9.17, 15) is 0 Å². The number of rotatable bonds is 5. The van der Waals surface area contributed by atoms with Crippen molar-refractivity contribution in [2.24, 2.45) is 0 Å². The van der Waals surface area contributed by atoms with Gasteiger partial charge in [0.2, 0.25) is 0 Å². The van der Waals surface area contributed by atoms with Crippen LogP contribution in [0, 0.1) is 11.8 Å². The van der Waals surface area contributed by atoms with Crippen LogP contribution in [0.15, 0.2) is 78.9 Å². The lowest BCUT2D eigenvalue weighted by molar-refractivity contribution is 0.0782. The Labute approximate surface area is 206 Å². The zero-order chi connectivity index (χ0) is 23.2. The third-order valence-corrected chi connectivity index (χ3v) is 6.48. The lowest BCUT2D eigenvalue weighted by Gasteiger charge is -2.23. The average molecular weight is 467 g/mol. The molecule has 34 heavy (non-hydrogen) atoms. The molecule has 3 aromatic carbocycles. The minimum absolute atomic E-state index is 0.595. The van der Waals surface area contributed by atoms with Crippen molar-refractivity contribution in [1.82, 2.24) is 10.3 Å². The number of hydrogen-bond acceptors (Lipinski definition) is 3. The van der Waals surface area contributed by atoms with Crippen LogP contribution >= 0.6 is 11.6 Å². The van der Waals surface area contributed by atoms with Crippen LogP contribution in [0.1, 0.15) is 29.7 Å². The Kier molecular flexibility index (Phi) is 7.22. The molecule has 1 N–H and O–H groups in total. The molecule has 1 aliphatic rings. The summed E-state index contributed by atoms with van der Waals surface area (Å²) in [5.41, 5.74) is 6.32. The Balaban J connectivity index is 1.22. The molecular weight excluding hydrogens is 440 g/mol. The highest BCUT2D eigenvalue weighted by molar-refractivity contribution is 6.30. The van der Waals surface area contributed by atoms with Gasteiger partial charge in [-0.15, -0.1) is 0 Å². The van der Waals surface area contributed by atoms with Gasteiger partial charge in [-0.2, -0.15) is 0 Å². The zero-order valence-corrected chi connectivity index (χ0v) is 19.8. The van der Waals surface area contributed by atoms with Crippen molar-refractivity contribution in [2.75, 3.05) is 19.8 Å². The number of aromatic nitrogens is 1. The number of pyridine rings is 1. The van der Waals surface area contributed by atoms with Gasteiger partial charge < -0.3 is 10.1 Å². The van der Waals surface area contributed by atoms with Gasteiger partial charge in [-0.1, -0.05) is 47.9 Å². The molecule has 0 bridgehead atoms. The first-order chi connectivity index (χ1) is 16.7. The second-order valence-electron chi connectivity index (χ2n) is 8.65. The molecule has 0 radical (unpaired) electrons. The van der Waals surface area contributed by atoms with E-state index in [4.69, 9.17) is 21.3 Å². The molecule has 4 aromatic rings. The molecule has 3 nitrogen and oxygen atoms in total. The lowest BCUT2D eigenvalue weighted by atomic mass is 10.0. The van der Waals surface area contributed by atoms with Crippen molar-refractivity contribution in [3.8, 4) is 23.0 Å². The third kappa shape index (κ3) is 5.85. The Morgan fingerprint density at radius 3 is 2.41 bits per heavy atom. The number of benzene rings is 3. The van der Waals surface area contributed by atoms with Gasteiger partial charge in [0.25, 0.3) is 0 Å². The van der Waals surface area contributed by atoms with Crippen molar-refractivity contribution >= 4 is 22.5 Å². The second-order valence-corrected chi connectivity index (χ2v) is 9.08. The number of nitrogens with zero attached hydrogens (tertiary/aromatic N) is 1. The number of hydrogen-bond donors (Lipinski definition) is 1. The molecule has 1 aliphatic heterocycles. The summed E-state index contributed by atoms with van der Waals surface area (Å²) in [4.78, 5) is 4.73. The SMILES string of the molecule is Clc1ccc(-c2ccc3nc(C#Cc4ccc(CCNC5CCOCC5)cc4)ccc3c2)cc1. The van der Waals surface area contributed by atoms with Crippen LogP contribution in [0.2, 0.25) is 5.02 Å². The van der Waals surface area contributed by atoms with Crippen molar-refractivity contribution in [3.05, 3.63) is 101 Å². The van der Waals surface area contributed by atoms with E-state index in [1.165, 1.54) is 5.56 Å². The van der Waals surface area contributed by atoms with Crippen LogP contribution < -0.4 is 5.32 Å². The van der Waals surface area contributed by atoms with Gasteiger partial charge in [-0.25, -0.2) is 4.98 Å². The molecule has 170 valence electrons. The third-order valence-electron chi connectivity index (χ3n) is 6.22. The van der Waals surface area contributed by atoms with Gasteiger partial charge in [0.15, 0.2) is 0 Å². The average Bonchev–Trinajstić information content (AvgIpc) is 2.89. The van der Waals surface area contributed by atoms with Gasteiger partial charge in [-0.05, 0) is 96.9 Å². The highest BCUT2D eigenvalue weighted by Gasteiger charge is 2.12. The lowest BCUT2D eigenvalue weighted by Crippen LogP contribution is -2.35. The molecular formula is C30H27ClN2O. The minimum Gasteiger partial charge on any atom is -0.381 e. The van der Waals surface area contributed by atoms with E-state index in [2.05, 4.69) is 59.6 Å². The smallest absolute Gasteiger partial charge is 0.114 e. The molecule has 5 rings (SSSR count). The first-order valence-electron chi connectivity index (χ1n) is 11.8. The van der Waals surface area contributed by atoms with E-state index >= 15 is 0 Å². The van der Waals surface area contributed by atoms with Crippen LogP contribution in [-0.4, -0.2) is 30.8 Å². The highest BCUT2D eigenvalue weighted by Crippen LogP contribution is 2.25. The van der Waals surface area contributed by atoms with Gasteiger partial charge in [-0.3, -0.25) is 0 Å². The number of halogens is 1. The molecule has 1 aromatic heterocycles. The summed E-state index contributed by atoms with van der Waals surface area (Å²) in [6.07, 6.45) is 3.25. The molecule has 1 saturated heterocycles. The number of ether oxygens (including phenoxy) is 1. The summed E-state index contributed by atoms with van der Waals surface area (Å²) in [7, 11) is 0. The van der Waals surface area contributed by atoms with Crippen LogP contribution in [0.3, 0.4) is 0 Å². The molecule has 0 atom stereocenters. The highest BCUT2D eigenvalue weighted by atomic mass is 35.5. The Morgan fingerprint density at radius 2 is 1.62 bits per heavy atom. The molecule has 0 unspecified atom stereocenters. The quantitative estimate of drug-likeness (QED) is 0.352. The van der Waals surface area contributed by atoms with E-state index in [1.807, 2.05) is 36.4 Å². The molecule has 0 amide bonds. The maximum absolute atomic E-state index is 6.01. The van der Waals surface area contributed by atoms with Crippen molar-refractivity contribution in [1.29, 1.82) is 0 Å². The monoisotopic (exact) mass is 466 g/mol. The van der Waals surface area contributed by atoms with E-state index in [-0.39, 0.29) is 0 Å². The van der Waals surface area contributed by atoms with E-state index in [1.54, 1.807) is 0 Å². The predicted octanol–water partition coefficient (Wildman–Crippen LogP) is 6.27. The van der Waals surface area contributed by atoms with Crippen molar-refractivity contribution in [2.45, 2.75) is 25.3 Å². The number of nitrogens with one attached hydrogen (secondary N) is 1. The summed E-state index contributed by atoms with van der Waals surface area (Å²) in [6.45, 7) is 2.75. The summed E-state index contributed by atoms with van der Waals surface area (Å²) in [5.74, 6) is 6.46. The standard InChI is InChI=1S/C30H27ClN2O/c31-27-10-6-24(7-11-27)25-9-14-30-26(21-25)8-13-29(33-30)12-5-22-1-3-23(4-2-22)15-18-32-28-16-19-34-20-17-28/h1-4,6-11,13-14,21,28,32H,15-20H2. The summed E-state index contributed by atoms with van der Waals surface area (Å²) >= 11 is 6.01. The van der Waals surface area contributed by atoms with Gasteiger partial charge in [0.05, 0.1) is 5.52 Å². The zero-order valence-electron chi connectivity index (χ0n) is 19.1. The minimum atomic E-state index is 0.595. The fourth-order valence-corrected chi connectivity index (χ4v) is 4.36. The topological polar surface area (TPSA) is 34.2 Å². The normalized spacial score (nSPS) is 14.0. The predicted molar refractivity (Wildman–Crippen MR) is 140 cm³/mol.